The zero-order valence-electron chi connectivity index (χ0n) is 10.7. The summed E-state index contributed by atoms with van der Waals surface area (Å²) in [5.41, 5.74) is 0. The van der Waals surface area contributed by atoms with Gasteiger partial charge in [0.25, 0.3) is 0 Å². The second-order valence-electron chi connectivity index (χ2n) is 4.79. The Bertz CT molecular complexity index is 499. The lowest BCUT2D eigenvalue weighted by atomic mass is 10.0. The molecule has 1 N–H and O–H groups in total. The number of rotatable bonds is 5. The monoisotopic (exact) mass is 268 g/mol. The van der Waals surface area contributed by atoms with Crippen LogP contribution in [0.1, 0.15) is 19.3 Å². The lowest BCUT2D eigenvalue weighted by Crippen LogP contribution is -2.23. The molecule has 0 aliphatic carbocycles. The van der Waals surface area contributed by atoms with Gasteiger partial charge in [-0.3, -0.25) is 9.36 Å². The molecule has 8 nitrogen and oxygen atoms in total. The maximum Gasteiger partial charge on any atom is 0.406 e. The third-order valence-electron chi connectivity index (χ3n) is 3.41. The Kier molecular flexibility index (Phi) is 3.68. The van der Waals surface area contributed by atoms with E-state index in [1.807, 2.05) is 4.90 Å². The van der Waals surface area contributed by atoms with Crippen LogP contribution in [0.4, 0.5) is 11.6 Å². The average Bonchev–Trinajstić information content (AvgIpc) is 2.92. The molecule has 0 bridgehead atoms. The van der Waals surface area contributed by atoms with E-state index in [9.17, 15) is 14.9 Å². The molecule has 1 saturated heterocycles. The fourth-order valence-electron chi connectivity index (χ4n) is 2.49. The van der Waals surface area contributed by atoms with Crippen LogP contribution in [0.15, 0.2) is 6.33 Å². The first-order chi connectivity index (χ1) is 8.99. The molecule has 104 valence electrons. The zero-order chi connectivity index (χ0) is 14.0. The summed E-state index contributed by atoms with van der Waals surface area (Å²) in [5.74, 6) is -0.167. The molecule has 0 spiro atoms. The van der Waals surface area contributed by atoms with Crippen molar-refractivity contribution >= 4 is 17.6 Å². The molecule has 1 atom stereocenters. The smallest absolute Gasteiger partial charge is 0.406 e. The van der Waals surface area contributed by atoms with E-state index in [0.717, 1.165) is 6.42 Å². The van der Waals surface area contributed by atoms with E-state index in [2.05, 4.69) is 4.98 Å². The molecule has 1 aliphatic rings. The van der Waals surface area contributed by atoms with Crippen molar-refractivity contribution in [2.24, 2.45) is 13.0 Å². The van der Waals surface area contributed by atoms with Crippen LogP contribution in [-0.2, 0) is 11.8 Å². The van der Waals surface area contributed by atoms with Crippen LogP contribution in [0, 0.1) is 16.0 Å². The van der Waals surface area contributed by atoms with E-state index < -0.39 is 10.9 Å². The van der Waals surface area contributed by atoms with Gasteiger partial charge in [0, 0.05) is 26.6 Å². The number of imidazole rings is 1. The summed E-state index contributed by atoms with van der Waals surface area (Å²) in [6, 6.07) is 0. The van der Waals surface area contributed by atoms with Crippen molar-refractivity contribution in [1.29, 1.82) is 0 Å². The van der Waals surface area contributed by atoms with Gasteiger partial charge in [0.2, 0.25) is 12.1 Å². The summed E-state index contributed by atoms with van der Waals surface area (Å²) in [4.78, 5) is 26.7. The summed E-state index contributed by atoms with van der Waals surface area (Å²) in [6.45, 7) is 1.35. The van der Waals surface area contributed by atoms with Crippen LogP contribution in [-0.4, -0.2) is 38.6 Å². The van der Waals surface area contributed by atoms with Crippen molar-refractivity contribution in [3.8, 4) is 0 Å². The van der Waals surface area contributed by atoms with E-state index in [1.165, 1.54) is 6.33 Å². The van der Waals surface area contributed by atoms with Crippen LogP contribution in [0.25, 0.3) is 0 Å². The summed E-state index contributed by atoms with van der Waals surface area (Å²) in [6.07, 6.45) is 3.04. The van der Waals surface area contributed by atoms with Crippen LogP contribution in [0.3, 0.4) is 0 Å². The summed E-state index contributed by atoms with van der Waals surface area (Å²) in [5, 5.41) is 19.6. The molecule has 1 unspecified atom stereocenters. The molecule has 8 heteroatoms. The number of anilines is 1. The van der Waals surface area contributed by atoms with Crippen LogP contribution >= 0.6 is 0 Å². The number of aryl methyl sites for hydroxylation is 1. The molecule has 19 heavy (non-hydrogen) atoms. The van der Waals surface area contributed by atoms with E-state index in [1.54, 1.807) is 11.6 Å². The Morgan fingerprint density at radius 2 is 2.42 bits per heavy atom. The van der Waals surface area contributed by atoms with Gasteiger partial charge < -0.3 is 20.1 Å². The van der Waals surface area contributed by atoms with E-state index >= 15 is 0 Å². The predicted molar refractivity (Wildman–Crippen MR) is 67.1 cm³/mol. The second-order valence-corrected chi connectivity index (χ2v) is 4.79. The molecule has 0 saturated carbocycles. The fraction of sp³-hybridized carbons (Fsp3) is 0.636. The first-order valence-electron chi connectivity index (χ1n) is 6.11. The summed E-state index contributed by atoms with van der Waals surface area (Å²) >= 11 is 0. The topological polar surface area (TPSA) is 101 Å². The van der Waals surface area contributed by atoms with Gasteiger partial charge in [-0.05, 0) is 28.7 Å². The molecule has 1 aromatic heterocycles. The van der Waals surface area contributed by atoms with Crippen LogP contribution < -0.4 is 4.90 Å². The number of nitrogens with zero attached hydrogens (tertiary/aromatic N) is 4. The molecule has 2 rings (SSSR count). The highest BCUT2D eigenvalue weighted by Crippen LogP contribution is 2.31. The molecular weight excluding hydrogens is 252 g/mol. The van der Waals surface area contributed by atoms with Gasteiger partial charge in [-0.15, -0.1) is 0 Å². The zero-order valence-corrected chi connectivity index (χ0v) is 10.7. The summed E-state index contributed by atoms with van der Waals surface area (Å²) in [7, 11) is 1.72. The SMILES string of the molecule is Cn1cnc([N+](=O)[O-])c1N1CCC(CCC(=O)O)C1. The molecule has 1 aliphatic heterocycles. The lowest BCUT2D eigenvalue weighted by molar-refractivity contribution is -0.388. The highest BCUT2D eigenvalue weighted by molar-refractivity contribution is 5.66. The maximum absolute atomic E-state index is 10.9. The highest BCUT2D eigenvalue weighted by Gasteiger charge is 2.31. The molecule has 1 aromatic rings. The normalized spacial score (nSPS) is 18.8. The van der Waals surface area contributed by atoms with Crippen molar-refractivity contribution in [2.75, 3.05) is 18.0 Å². The number of hydrogen-bond donors (Lipinski definition) is 1. The van der Waals surface area contributed by atoms with Gasteiger partial charge in [-0.25, -0.2) is 0 Å². The van der Waals surface area contributed by atoms with Crippen molar-refractivity contribution in [3.63, 3.8) is 0 Å². The van der Waals surface area contributed by atoms with E-state index in [4.69, 9.17) is 5.11 Å². The molecule has 0 amide bonds. The Labute approximate surface area is 109 Å². The number of carboxylic acids is 1. The van der Waals surface area contributed by atoms with Gasteiger partial charge >= 0.3 is 11.8 Å². The van der Waals surface area contributed by atoms with Crippen LogP contribution in [0.2, 0.25) is 0 Å². The molecule has 0 aromatic carbocycles. The molecule has 0 radical (unpaired) electrons. The molecule has 1 fully saturated rings. The number of nitro groups is 1. The lowest BCUT2D eigenvalue weighted by Gasteiger charge is -2.17. The Hall–Kier alpha value is -2.12. The Balaban J connectivity index is 2.06. The van der Waals surface area contributed by atoms with Gasteiger partial charge in [0.15, 0.2) is 0 Å². The number of hydrogen-bond acceptors (Lipinski definition) is 5. The third-order valence-corrected chi connectivity index (χ3v) is 3.41. The minimum absolute atomic E-state index is 0.138. The van der Waals surface area contributed by atoms with E-state index in [-0.39, 0.29) is 18.2 Å². The van der Waals surface area contributed by atoms with Gasteiger partial charge in [0.1, 0.15) is 0 Å². The number of carboxylic acid groups (broad SMARTS) is 1. The first kappa shape index (κ1) is 13.3. The Morgan fingerprint density at radius 3 is 3.05 bits per heavy atom. The average molecular weight is 268 g/mol. The summed E-state index contributed by atoms with van der Waals surface area (Å²) < 4.78 is 1.64. The van der Waals surface area contributed by atoms with Crippen molar-refractivity contribution < 1.29 is 14.8 Å². The highest BCUT2D eigenvalue weighted by atomic mass is 16.6. The Morgan fingerprint density at radius 1 is 1.68 bits per heavy atom. The van der Waals surface area contributed by atoms with E-state index in [0.29, 0.717) is 25.3 Å². The maximum atomic E-state index is 10.9. The van der Waals surface area contributed by atoms with Crippen LogP contribution in [0.5, 0.6) is 0 Å². The minimum atomic E-state index is -0.801. The first-order valence-corrected chi connectivity index (χ1v) is 6.11. The molecule has 2 heterocycles. The number of aliphatic carboxylic acids is 1. The van der Waals surface area contributed by atoms with Gasteiger partial charge in [0.05, 0.1) is 0 Å². The fourth-order valence-corrected chi connectivity index (χ4v) is 2.49. The van der Waals surface area contributed by atoms with Crippen molar-refractivity contribution in [1.82, 2.24) is 9.55 Å². The predicted octanol–water partition coefficient (Wildman–Crippen LogP) is 1.02. The standard InChI is InChI=1S/C11H16N4O4/c1-13-7-12-10(15(18)19)11(13)14-5-4-8(6-14)2-3-9(16)17/h7-8H,2-6H2,1H3,(H,16,17). The second kappa shape index (κ2) is 5.25. The minimum Gasteiger partial charge on any atom is -0.481 e. The number of aromatic nitrogens is 2. The van der Waals surface area contributed by atoms with Crippen molar-refractivity contribution in [2.45, 2.75) is 19.3 Å². The largest absolute Gasteiger partial charge is 0.481 e. The number of carbonyl (C=O) groups is 1. The third kappa shape index (κ3) is 2.83. The molecular formula is C11H16N4O4. The van der Waals surface area contributed by atoms with Gasteiger partial charge in [-0.1, -0.05) is 0 Å². The van der Waals surface area contributed by atoms with Gasteiger partial charge in [-0.2, -0.15) is 0 Å². The quantitative estimate of drug-likeness (QED) is 0.632. The van der Waals surface area contributed by atoms with Crippen molar-refractivity contribution in [3.05, 3.63) is 16.4 Å².